The highest BCUT2D eigenvalue weighted by molar-refractivity contribution is 5.90. The molecule has 2 N–H and O–H groups in total. The van der Waals surface area contributed by atoms with Crippen molar-refractivity contribution < 1.29 is 14.7 Å². The van der Waals surface area contributed by atoms with Crippen LogP contribution in [-0.4, -0.2) is 32.6 Å². The first-order valence-corrected chi connectivity index (χ1v) is 11.7. The number of hydrogen-bond donors (Lipinski definition) is 2. The summed E-state index contributed by atoms with van der Waals surface area (Å²) in [7, 11) is 0. The van der Waals surface area contributed by atoms with Crippen molar-refractivity contribution in [3.63, 3.8) is 0 Å². The number of aromatic carboxylic acids is 1. The van der Waals surface area contributed by atoms with Crippen LogP contribution < -0.4 is 5.32 Å². The lowest BCUT2D eigenvalue weighted by molar-refractivity contribution is -0.126. The Labute approximate surface area is 187 Å². The molecule has 5 rings (SSSR count). The molecule has 166 valence electrons. The number of carboxylic acid groups (broad SMARTS) is 1. The minimum absolute atomic E-state index is 0.0929. The van der Waals surface area contributed by atoms with Crippen molar-refractivity contribution in [3.8, 4) is 11.4 Å². The molecule has 1 aromatic heterocycles. The zero-order valence-corrected chi connectivity index (χ0v) is 18.2. The predicted octanol–water partition coefficient (Wildman–Crippen LogP) is 5.19. The van der Waals surface area contributed by atoms with E-state index in [1.54, 1.807) is 24.3 Å². The molecule has 0 radical (unpaired) electrons. The molecule has 0 spiro atoms. The van der Waals surface area contributed by atoms with E-state index in [-0.39, 0.29) is 29.5 Å². The number of imidazole rings is 1. The Balaban J connectivity index is 1.62. The van der Waals surface area contributed by atoms with Gasteiger partial charge in [-0.2, -0.15) is 0 Å². The minimum Gasteiger partial charge on any atom is -0.478 e. The molecule has 1 heterocycles. The Morgan fingerprint density at radius 1 is 0.938 bits per heavy atom. The highest BCUT2D eigenvalue weighted by atomic mass is 16.4. The quantitative estimate of drug-likeness (QED) is 0.562. The summed E-state index contributed by atoms with van der Waals surface area (Å²) in [6.45, 7) is 0. The third-order valence-electron chi connectivity index (χ3n) is 7.08. The average Bonchev–Trinajstić information content (AvgIpc) is 3.56. The molecule has 6 heteroatoms. The van der Waals surface area contributed by atoms with E-state index in [4.69, 9.17) is 4.98 Å². The van der Waals surface area contributed by atoms with E-state index in [0.717, 1.165) is 60.9 Å². The van der Waals surface area contributed by atoms with Crippen LogP contribution in [0.5, 0.6) is 0 Å². The summed E-state index contributed by atoms with van der Waals surface area (Å²) < 4.78 is 2.12. The van der Waals surface area contributed by atoms with Crippen molar-refractivity contribution in [3.05, 3.63) is 54.1 Å². The molecule has 0 aliphatic heterocycles. The third kappa shape index (κ3) is 3.90. The maximum absolute atomic E-state index is 13.7. The van der Waals surface area contributed by atoms with Gasteiger partial charge >= 0.3 is 5.97 Å². The number of benzene rings is 2. The van der Waals surface area contributed by atoms with Crippen LogP contribution in [0.2, 0.25) is 0 Å². The topological polar surface area (TPSA) is 84.2 Å². The van der Waals surface area contributed by atoms with E-state index in [9.17, 15) is 14.7 Å². The number of aromatic nitrogens is 2. The Kier molecular flexibility index (Phi) is 5.68. The van der Waals surface area contributed by atoms with Crippen LogP contribution in [0.1, 0.15) is 67.8 Å². The molecular weight excluding hydrogens is 402 g/mol. The first-order valence-electron chi connectivity index (χ1n) is 11.7. The fraction of sp³-hybridized carbons (Fsp3) is 0.423. The van der Waals surface area contributed by atoms with Gasteiger partial charge in [-0.15, -0.1) is 0 Å². The van der Waals surface area contributed by atoms with Gasteiger partial charge in [-0.3, -0.25) is 4.79 Å². The van der Waals surface area contributed by atoms with Crippen molar-refractivity contribution in [2.45, 2.75) is 63.5 Å². The predicted molar refractivity (Wildman–Crippen MR) is 124 cm³/mol. The molecule has 2 aliphatic carbocycles. The number of carbonyl (C=O) groups excluding carboxylic acids is 1. The van der Waals surface area contributed by atoms with Crippen molar-refractivity contribution in [2.24, 2.45) is 5.92 Å². The summed E-state index contributed by atoms with van der Waals surface area (Å²) in [6, 6.07) is 14.7. The molecule has 3 aromatic rings. The van der Waals surface area contributed by atoms with E-state index in [2.05, 4.69) is 9.88 Å². The maximum atomic E-state index is 13.7. The molecule has 6 nitrogen and oxygen atoms in total. The van der Waals surface area contributed by atoms with Gasteiger partial charge in [0.2, 0.25) is 5.91 Å². The number of hydrogen-bond acceptors (Lipinski definition) is 3. The zero-order valence-electron chi connectivity index (χ0n) is 18.2. The van der Waals surface area contributed by atoms with Gasteiger partial charge in [0.05, 0.1) is 16.6 Å². The number of carbonyl (C=O) groups is 2. The second-order valence-corrected chi connectivity index (χ2v) is 9.16. The molecule has 2 fully saturated rings. The van der Waals surface area contributed by atoms with E-state index < -0.39 is 5.97 Å². The number of nitrogens with one attached hydrogen (secondary N) is 1. The van der Waals surface area contributed by atoms with Gasteiger partial charge in [-0.25, -0.2) is 9.78 Å². The minimum atomic E-state index is -0.954. The third-order valence-corrected chi connectivity index (χ3v) is 7.08. The van der Waals surface area contributed by atoms with E-state index in [1.165, 1.54) is 12.8 Å². The van der Waals surface area contributed by atoms with Crippen molar-refractivity contribution in [2.75, 3.05) is 0 Å². The number of rotatable bonds is 6. The highest BCUT2D eigenvalue weighted by Crippen LogP contribution is 2.39. The molecular formula is C26H29N3O3. The Hall–Kier alpha value is -3.15. The van der Waals surface area contributed by atoms with E-state index in [0.29, 0.717) is 0 Å². The van der Waals surface area contributed by atoms with Crippen molar-refractivity contribution >= 4 is 22.9 Å². The summed E-state index contributed by atoms with van der Waals surface area (Å²) in [5, 5.41) is 12.6. The van der Waals surface area contributed by atoms with Crippen molar-refractivity contribution in [1.82, 2.24) is 14.9 Å². The Morgan fingerprint density at radius 3 is 2.28 bits per heavy atom. The summed E-state index contributed by atoms with van der Waals surface area (Å²) in [5.74, 6) is 0.132. The zero-order chi connectivity index (χ0) is 22.1. The monoisotopic (exact) mass is 431 g/mol. The van der Waals surface area contributed by atoms with Crippen LogP contribution in [0.4, 0.5) is 0 Å². The van der Waals surface area contributed by atoms with E-state index in [1.807, 2.05) is 24.3 Å². The lowest BCUT2D eigenvalue weighted by Gasteiger charge is -2.28. The molecule has 0 saturated heterocycles. The van der Waals surface area contributed by atoms with Crippen LogP contribution in [0.25, 0.3) is 22.4 Å². The molecule has 32 heavy (non-hydrogen) atoms. The van der Waals surface area contributed by atoms with Gasteiger partial charge in [0.1, 0.15) is 11.9 Å². The molecule has 2 aromatic carbocycles. The average molecular weight is 432 g/mol. The van der Waals surface area contributed by atoms with Gasteiger partial charge in [0.15, 0.2) is 0 Å². The summed E-state index contributed by atoms with van der Waals surface area (Å²) in [5.41, 5.74) is 2.86. The van der Waals surface area contributed by atoms with Crippen LogP contribution in [0.15, 0.2) is 48.5 Å². The number of para-hydroxylation sites is 2. The van der Waals surface area contributed by atoms with Crippen LogP contribution >= 0.6 is 0 Å². The second kappa shape index (κ2) is 8.77. The van der Waals surface area contributed by atoms with E-state index >= 15 is 0 Å². The van der Waals surface area contributed by atoms with Gasteiger partial charge in [-0.1, -0.05) is 49.9 Å². The van der Waals surface area contributed by atoms with Gasteiger partial charge < -0.3 is 15.0 Å². The lowest BCUT2D eigenvalue weighted by Crippen LogP contribution is -2.41. The van der Waals surface area contributed by atoms with Crippen molar-refractivity contribution in [1.29, 1.82) is 0 Å². The summed E-state index contributed by atoms with van der Waals surface area (Å²) in [4.78, 5) is 29.9. The Bertz CT molecular complexity index is 1120. The highest BCUT2D eigenvalue weighted by Gasteiger charge is 2.36. The van der Waals surface area contributed by atoms with Crippen LogP contribution in [-0.2, 0) is 4.79 Å². The Morgan fingerprint density at radius 2 is 1.59 bits per heavy atom. The summed E-state index contributed by atoms with van der Waals surface area (Å²) >= 11 is 0. The molecule has 0 bridgehead atoms. The first-order chi connectivity index (χ1) is 15.6. The number of fused-ring (bicyclic) bond motifs is 1. The SMILES string of the molecule is O=C(O)c1ccc(-c2nc3ccccc3n2C(C(=O)NC2CCCC2)C2CCCC2)cc1. The molecule has 2 aliphatic rings. The normalized spacial score (nSPS) is 18.2. The smallest absolute Gasteiger partial charge is 0.335 e. The standard InChI is InChI=1S/C26H29N3O3/c30-25(27-20-9-3-4-10-20)23(17-7-1-2-8-17)29-22-12-6-5-11-21(22)28-24(29)18-13-15-19(16-14-18)26(31)32/h5-6,11-17,20,23H,1-4,7-10H2,(H,27,30)(H,31,32). The summed E-state index contributed by atoms with van der Waals surface area (Å²) in [6.07, 6.45) is 8.82. The number of nitrogens with zero attached hydrogens (tertiary/aromatic N) is 2. The maximum Gasteiger partial charge on any atom is 0.335 e. The molecule has 1 unspecified atom stereocenters. The van der Waals surface area contributed by atoms with Gasteiger partial charge in [0, 0.05) is 11.6 Å². The second-order valence-electron chi connectivity index (χ2n) is 9.16. The van der Waals surface area contributed by atoms with Crippen LogP contribution in [0.3, 0.4) is 0 Å². The molecule has 2 saturated carbocycles. The largest absolute Gasteiger partial charge is 0.478 e. The van der Waals surface area contributed by atoms with Gasteiger partial charge in [0.25, 0.3) is 0 Å². The van der Waals surface area contributed by atoms with Gasteiger partial charge in [-0.05, 0) is 55.9 Å². The molecule has 1 amide bonds. The fourth-order valence-corrected chi connectivity index (χ4v) is 5.46. The fourth-order valence-electron chi connectivity index (χ4n) is 5.46. The molecule has 1 atom stereocenters. The first kappa shape index (κ1) is 20.7. The number of amides is 1. The lowest BCUT2D eigenvalue weighted by atomic mass is 9.95. The van der Waals surface area contributed by atoms with Crippen LogP contribution in [0, 0.1) is 5.92 Å². The number of carboxylic acids is 1.